The summed E-state index contributed by atoms with van der Waals surface area (Å²) in [6.45, 7) is 6.12. The van der Waals surface area contributed by atoms with E-state index in [2.05, 4.69) is 44.6 Å². The summed E-state index contributed by atoms with van der Waals surface area (Å²) in [5.41, 5.74) is 5.53. The van der Waals surface area contributed by atoms with Crippen molar-refractivity contribution >= 4 is 29.1 Å². The molecule has 0 aliphatic rings. The third-order valence-electron chi connectivity index (χ3n) is 4.39. The number of ether oxygens (including phenoxy) is 1. The Morgan fingerprint density at radius 2 is 1.55 bits per heavy atom. The minimum Gasteiger partial charge on any atom is -0.465 e. The summed E-state index contributed by atoms with van der Waals surface area (Å²) in [7, 11) is 1.32. The molecule has 0 radical (unpaired) electrons. The largest absolute Gasteiger partial charge is 0.465 e. The van der Waals surface area contributed by atoms with Gasteiger partial charge in [-0.3, -0.25) is 4.79 Å². The molecule has 148 valence electrons. The van der Waals surface area contributed by atoms with Crippen LogP contribution in [0.4, 0.5) is 17.2 Å². The molecule has 0 spiro atoms. The number of hydrogen-bond donors (Lipinski definition) is 2. The molecule has 2 N–H and O–H groups in total. The quantitative estimate of drug-likeness (QED) is 0.635. The number of methoxy groups -OCH3 is 1. The van der Waals surface area contributed by atoms with Crippen LogP contribution in [-0.4, -0.2) is 29.2 Å². The summed E-state index contributed by atoms with van der Waals surface area (Å²) in [4.78, 5) is 23.8. The highest BCUT2D eigenvalue weighted by atomic mass is 16.5. The van der Waals surface area contributed by atoms with E-state index in [4.69, 9.17) is 0 Å². The first-order valence-corrected chi connectivity index (χ1v) is 9.05. The number of benzene rings is 2. The Morgan fingerprint density at radius 3 is 2.10 bits per heavy atom. The van der Waals surface area contributed by atoms with Gasteiger partial charge in [-0.05, 0) is 68.3 Å². The number of rotatable bonds is 5. The van der Waals surface area contributed by atoms with Crippen molar-refractivity contribution in [2.24, 2.45) is 0 Å². The Labute approximate surface area is 169 Å². The van der Waals surface area contributed by atoms with Gasteiger partial charge in [-0.15, -0.1) is 10.2 Å². The molecule has 1 heterocycles. The molecule has 0 aliphatic carbocycles. The van der Waals surface area contributed by atoms with Crippen molar-refractivity contribution in [2.45, 2.75) is 20.8 Å². The fourth-order valence-corrected chi connectivity index (χ4v) is 3.03. The maximum absolute atomic E-state index is 12.4. The summed E-state index contributed by atoms with van der Waals surface area (Å²) in [6, 6.07) is 13.9. The summed E-state index contributed by atoms with van der Waals surface area (Å²) in [5.74, 6) is -0.271. The van der Waals surface area contributed by atoms with E-state index < -0.39 is 11.9 Å². The fourth-order valence-electron chi connectivity index (χ4n) is 3.03. The number of aryl methyl sites for hydroxylation is 3. The molecule has 3 rings (SSSR count). The first-order valence-electron chi connectivity index (χ1n) is 9.05. The van der Waals surface area contributed by atoms with Crippen LogP contribution >= 0.6 is 0 Å². The van der Waals surface area contributed by atoms with E-state index in [9.17, 15) is 9.59 Å². The summed E-state index contributed by atoms with van der Waals surface area (Å²) < 4.78 is 4.65. The Hall–Kier alpha value is -3.74. The third kappa shape index (κ3) is 4.76. The Bertz CT molecular complexity index is 1020. The van der Waals surface area contributed by atoms with Crippen molar-refractivity contribution in [1.29, 1.82) is 0 Å². The highest BCUT2D eigenvalue weighted by Gasteiger charge is 2.11. The first-order chi connectivity index (χ1) is 13.9. The number of nitrogens with one attached hydrogen (secondary N) is 2. The highest BCUT2D eigenvalue weighted by molar-refractivity contribution is 6.03. The number of esters is 1. The molecular weight excluding hydrogens is 368 g/mol. The van der Waals surface area contributed by atoms with Gasteiger partial charge in [0.15, 0.2) is 11.5 Å². The number of hydrogen-bond acceptors (Lipinski definition) is 6. The van der Waals surface area contributed by atoms with E-state index in [1.54, 1.807) is 36.4 Å². The number of amides is 1. The van der Waals surface area contributed by atoms with Crippen LogP contribution in [0.3, 0.4) is 0 Å². The summed E-state index contributed by atoms with van der Waals surface area (Å²) in [5, 5.41) is 14.1. The standard InChI is InChI=1S/C22H22N4O3/c1-13-11-14(2)20(15(3)12-13)24-19-10-9-18(25-26-19)21(27)23-17-7-5-16(6-8-17)22(28)29-4/h5-12H,1-4H3,(H,23,27)(H,24,26). The highest BCUT2D eigenvalue weighted by Crippen LogP contribution is 2.24. The van der Waals surface area contributed by atoms with Crippen molar-refractivity contribution in [1.82, 2.24) is 10.2 Å². The van der Waals surface area contributed by atoms with Crippen LogP contribution < -0.4 is 10.6 Å². The van der Waals surface area contributed by atoms with Gasteiger partial charge in [0.05, 0.1) is 12.7 Å². The lowest BCUT2D eigenvalue weighted by Crippen LogP contribution is -2.15. The van der Waals surface area contributed by atoms with Gasteiger partial charge < -0.3 is 15.4 Å². The number of carbonyl (C=O) groups excluding carboxylic acids is 2. The zero-order valence-electron chi connectivity index (χ0n) is 16.7. The Balaban J connectivity index is 1.68. The average molecular weight is 390 g/mol. The number of carbonyl (C=O) groups is 2. The maximum atomic E-state index is 12.4. The van der Waals surface area contributed by atoms with Crippen molar-refractivity contribution in [3.05, 3.63) is 76.5 Å². The molecular formula is C22H22N4O3. The number of nitrogens with zero attached hydrogens (tertiary/aromatic N) is 2. The van der Waals surface area contributed by atoms with Gasteiger partial charge in [-0.1, -0.05) is 17.7 Å². The molecule has 7 nitrogen and oxygen atoms in total. The molecule has 0 aliphatic heterocycles. The lowest BCUT2D eigenvalue weighted by molar-refractivity contribution is 0.0600. The van der Waals surface area contributed by atoms with Gasteiger partial charge in [0.1, 0.15) is 0 Å². The predicted octanol–water partition coefficient (Wildman–Crippen LogP) is 4.18. The topological polar surface area (TPSA) is 93.2 Å². The second-order valence-electron chi connectivity index (χ2n) is 6.73. The molecule has 3 aromatic rings. The fraction of sp³-hybridized carbons (Fsp3) is 0.182. The Morgan fingerprint density at radius 1 is 0.897 bits per heavy atom. The monoisotopic (exact) mass is 390 g/mol. The van der Waals surface area contributed by atoms with E-state index in [0.717, 1.165) is 16.8 Å². The molecule has 1 aromatic heterocycles. The molecule has 2 aromatic carbocycles. The first kappa shape index (κ1) is 20.0. The SMILES string of the molecule is COC(=O)c1ccc(NC(=O)c2ccc(Nc3c(C)cc(C)cc3C)nn2)cc1. The van der Waals surface area contributed by atoms with Crippen LogP contribution in [0.25, 0.3) is 0 Å². The van der Waals surface area contributed by atoms with E-state index in [1.165, 1.54) is 12.7 Å². The van der Waals surface area contributed by atoms with E-state index in [1.807, 2.05) is 13.8 Å². The molecule has 1 amide bonds. The van der Waals surface area contributed by atoms with Gasteiger partial charge >= 0.3 is 5.97 Å². The van der Waals surface area contributed by atoms with Gasteiger partial charge in [-0.2, -0.15) is 0 Å². The normalized spacial score (nSPS) is 10.3. The molecule has 0 bridgehead atoms. The Kier molecular flexibility index (Phi) is 5.87. The lowest BCUT2D eigenvalue weighted by atomic mass is 10.1. The molecule has 0 unspecified atom stereocenters. The summed E-state index contributed by atoms with van der Waals surface area (Å²) >= 11 is 0. The minimum absolute atomic E-state index is 0.185. The average Bonchev–Trinajstić information content (AvgIpc) is 2.71. The molecule has 0 atom stereocenters. The van der Waals surface area contributed by atoms with Crippen LogP contribution in [0.15, 0.2) is 48.5 Å². The van der Waals surface area contributed by atoms with E-state index in [0.29, 0.717) is 17.1 Å². The second-order valence-corrected chi connectivity index (χ2v) is 6.73. The van der Waals surface area contributed by atoms with Gasteiger partial charge in [0.25, 0.3) is 5.91 Å². The van der Waals surface area contributed by atoms with Crippen LogP contribution in [0.1, 0.15) is 37.5 Å². The molecule has 29 heavy (non-hydrogen) atoms. The zero-order valence-corrected chi connectivity index (χ0v) is 16.7. The molecule has 7 heteroatoms. The molecule has 0 saturated carbocycles. The smallest absolute Gasteiger partial charge is 0.337 e. The van der Waals surface area contributed by atoms with Crippen molar-refractivity contribution in [3.8, 4) is 0 Å². The van der Waals surface area contributed by atoms with Gasteiger partial charge in [0, 0.05) is 11.4 Å². The van der Waals surface area contributed by atoms with Crippen LogP contribution in [0.2, 0.25) is 0 Å². The van der Waals surface area contributed by atoms with Crippen LogP contribution in [0.5, 0.6) is 0 Å². The second kappa shape index (κ2) is 8.52. The van der Waals surface area contributed by atoms with Gasteiger partial charge in [0.2, 0.25) is 0 Å². The molecule has 0 fully saturated rings. The van der Waals surface area contributed by atoms with Crippen LogP contribution in [0, 0.1) is 20.8 Å². The van der Waals surface area contributed by atoms with Crippen molar-refractivity contribution in [3.63, 3.8) is 0 Å². The van der Waals surface area contributed by atoms with E-state index in [-0.39, 0.29) is 5.69 Å². The maximum Gasteiger partial charge on any atom is 0.337 e. The van der Waals surface area contributed by atoms with Gasteiger partial charge in [-0.25, -0.2) is 4.79 Å². The number of aromatic nitrogens is 2. The number of anilines is 3. The predicted molar refractivity (Wildman–Crippen MR) is 112 cm³/mol. The van der Waals surface area contributed by atoms with E-state index >= 15 is 0 Å². The summed E-state index contributed by atoms with van der Waals surface area (Å²) in [6.07, 6.45) is 0. The molecule has 0 saturated heterocycles. The zero-order chi connectivity index (χ0) is 21.0. The third-order valence-corrected chi connectivity index (χ3v) is 4.39. The van der Waals surface area contributed by atoms with Crippen molar-refractivity contribution in [2.75, 3.05) is 17.7 Å². The lowest BCUT2D eigenvalue weighted by Gasteiger charge is -2.13. The van der Waals surface area contributed by atoms with Crippen LogP contribution in [-0.2, 0) is 4.74 Å². The van der Waals surface area contributed by atoms with Crippen molar-refractivity contribution < 1.29 is 14.3 Å². The minimum atomic E-state index is -0.434.